The normalized spacial score (nSPS) is 24.5. The zero-order valence-corrected chi connectivity index (χ0v) is 12.2. The number of aromatic nitrogens is 3. The van der Waals surface area contributed by atoms with Crippen molar-refractivity contribution in [2.75, 3.05) is 0 Å². The van der Waals surface area contributed by atoms with Crippen LogP contribution in [-0.2, 0) is 12.8 Å². The number of hydrogen-bond donors (Lipinski definition) is 0. The summed E-state index contributed by atoms with van der Waals surface area (Å²) in [7, 11) is 0. The minimum absolute atomic E-state index is 0.0712. The van der Waals surface area contributed by atoms with Crippen LogP contribution in [0.15, 0.2) is 10.6 Å². The first-order chi connectivity index (χ1) is 10.2. The highest BCUT2D eigenvalue weighted by Gasteiger charge is 2.34. The minimum atomic E-state index is -0.731. The Morgan fingerprint density at radius 3 is 2.81 bits per heavy atom. The van der Waals surface area contributed by atoms with Crippen molar-refractivity contribution in [1.82, 2.24) is 15.1 Å². The zero-order chi connectivity index (χ0) is 14.4. The molecule has 4 nitrogen and oxygen atoms in total. The topological polar surface area (TPSA) is 51.8 Å². The number of aryl methyl sites for hydroxylation is 2. The van der Waals surface area contributed by atoms with Crippen LogP contribution < -0.4 is 0 Å². The summed E-state index contributed by atoms with van der Waals surface area (Å²) in [4.78, 5) is 8.85. The fourth-order valence-electron chi connectivity index (χ4n) is 3.03. The van der Waals surface area contributed by atoms with Gasteiger partial charge in [-0.1, -0.05) is 16.8 Å². The molecule has 21 heavy (non-hydrogen) atoms. The van der Waals surface area contributed by atoms with Gasteiger partial charge in [-0.15, -0.1) is 0 Å². The Bertz CT molecular complexity index is 682. The largest absolute Gasteiger partial charge is 0.334 e. The van der Waals surface area contributed by atoms with E-state index in [0.717, 1.165) is 25.0 Å². The predicted molar refractivity (Wildman–Crippen MR) is 76.1 cm³/mol. The third-order valence-electron chi connectivity index (χ3n) is 4.37. The van der Waals surface area contributed by atoms with Gasteiger partial charge >= 0.3 is 0 Å². The molecule has 2 aromatic rings. The number of pyridine rings is 1. The molecule has 0 spiro atoms. The Morgan fingerprint density at radius 1 is 1.19 bits per heavy atom. The van der Waals surface area contributed by atoms with Gasteiger partial charge in [0.1, 0.15) is 11.3 Å². The van der Waals surface area contributed by atoms with Gasteiger partial charge in [0.15, 0.2) is 5.82 Å². The van der Waals surface area contributed by atoms with E-state index in [1.165, 1.54) is 12.0 Å². The molecule has 0 aromatic carbocycles. The molecule has 0 aliphatic heterocycles. The van der Waals surface area contributed by atoms with Gasteiger partial charge < -0.3 is 4.52 Å². The summed E-state index contributed by atoms with van der Waals surface area (Å²) in [6.07, 6.45) is 4.55. The highest BCUT2D eigenvalue weighted by Crippen LogP contribution is 2.38. The molecular weight excluding hydrogens is 293 g/mol. The standard InChI is InChI=1S/C15H15ClFN3O/c16-13-11(7-8-3-1-2-4-12(8)18-13)15-19-14(20-21-15)9-5-10(17)6-9/h7,9-10H,1-6H2. The Labute approximate surface area is 126 Å². The van der Waals surface area contributed by atoms with Gasteiger partial charge in [0.05, 0.1) is 5.56 Å². The van der Waals surface area contributed by atoms with Crippen LogP contribution in [0.2, 0.25) is 5.15 Å². The van der Waals surface area contributed by atoms with Gasteiger partial charge in [-0.25, -0.2) is 9.37 Å². The maximum absolute atomic E-state index is 12.9. The first kappa shape index (κ1) is 13.2. The van der Waals surface area contributed by atoms with Crippen LogP contribution in [0.4, 0.5) is 4.39 Å². The lowest BCUT2D eigenvalue weighted by Crippen LogP contribution is -2.23. The lowest BCUT2D eigenvalue weighted by Gasteiger charge is -2.26. The van der Waals surface area contributed by atoms with Crippen LogP contribution in [0, 0.1) is 0 Å². The van der Waals surface area contributed by atoms with Crippen LogP contribution in [0.1, 0.15) is 48.7 Å². The average Bonchev–Trinajstić information content (AvgIpc) is 2.92. The summed E-state index contributed by atoms with van der Waals surface area (Å²) in [6.45, 7) is 0. The average molecular weight is 308 g/mol. The second-order valence-electron chi connectivity index (χ2n) is 5.86. The van der Waals surface area contributed by atoms with Crippen molar-refractivity contribution in [3.05, 3.63) is 28.3 Å². The molecule has 0 radical (unpaired) electrons. The molecular formula is C15H15ClFN3O. The van der Waals surface area contributed by atoms with Gasteiger partial charge in [-0.3, -0.25) is 0 Å². The molecule has 0 amide bonds. The number of hydrogen-bond acceptors (Lipinski definition) is 4. The number of fused-ring (bicyclic) bond motifs is 1. The van der Waals surface area contributed by atoms with Crippen molar-refractivity contribution in [2.24, 2.45) is 0 Å². The molecule has 1 fully saturated rings. The van der Waals surface area contributed by atoms with Crippen molar-refractivity contribution in [1.29, 1.82) is 0 Å². The number of rotatable bonds is 2. The monoisotopic (exact) mass is 307 g/mol. The molecule has 2 aliphatic carbocycles. The smallest absolute Gasteiger partial charge is 0.261 e. The van der Waals surface area contributed by atoms with E-state index in [2.05, 4.69) is 15.1 Å². The van der Waals surface area contributed by atoms with E-state index in [9.17, 15) is 4.39 Å². The number of alkyl halides is 1. The molecule has 0 saturated heterocycles. The zero-order valence-electron chi connectivity index (χ0n) is 11.5. The fourth-order valence-corrected chi connectivity index (χ4v) is 3.27. The molecule has 1 saturated carbocycles. The molecule has 6 heteroatoms. The third-order valence-corrected chi connectivity index (χ3v) is 4.66. The summed E-state index contributed by atoms with van der Waals surface area (Å²) in [5, 5.41) is 4.37. The second kappa shape index (κ2) is 5.05. The Balaban J connectivity index is 1.66. The van der Waals surface area contributed by atoms with E-state index in [1.54, 1.807) is 0 Å². The molecule has 2 aliphatic rings. The van der Waals surface area contributed by atoms with Crippen molar-refractivity contribution in [3.63, 3.8) is 0 Å². The molecule has 0 atom stereocenters. The summed E-state index contributed by atoms with van der Waals surface area (Å²) >= 11 is 6.26. The van der Waals surface area contributed by atoms with E-state index in [4.69, 9.17) is 16.1 Å². The van der Waals surface area contributed by atoms with Crippen molar-refractivity contribution in [2.45, 2.75) is 50.6 Å². The second-order valence-corrected chi connectivity index (χ2v) is 6.22. The summed E-state index contributed by atoms with van der Waals surface area (Å²) in [6, 6.07) is 2.01. The molecule has 110 valence electrons. The maximum Gasteiger partial charge on any atom is 0.261 e. The summed E-state index contributed by atoms with van der Waals surface area (Å²) in [5.74, 6) is 1.03. The first-order valence-electron chi connectivity index (χ1n) is 7.37. The van der Waals surface area contributed by atoms with Gasteiger partial charge in [-0.2, -0.15) is 4.98 Å². The van der Waals surface area contributed by atoms with E-state index in [1.807, 2.05) is 6.07 Å². The van der Waals surface area contributed by atoms with Gasteiger partial charge in [-0.05, 0) is 50.2 Å². The molecule has 2 aromatic heterocycles. The van der Waals surface area contributed by atoms with E-state index in [-0.39, 0.29) is 5.92 Å². The maximum atomic E-state index is 12.9. The van der Waals surface area contributed by atoms with Gasteiger partial charge in [0.25, 0.3) is 5.89 Å². The van der Waals surface area contributed by atoms with Crippen molar-refractivity contribution < 1.29 is 8.91 Å². The predicted octanol–water partition coefficient (Wildman–Crippen LogP) is 3.88. The number of halogens is 2. The molecule has 0 bridgehead atoms. The SMILES string of the molecule is FC1CC(c2noc(-c3cc4c(nc3Cl)CCCC4)n2)C1. The van der Waals surface area contributed by atoms with E-state index < -0.39 is 6.17 Å². The molecule has 4 rings (SSSR count). The van der Waals surface area contributed by atoms with E-state index in [0.29, 0.717) is 35.3 Å². The van der Waals surface area contributed by atoms with Crippen molar-refractivity contribution in [3.8, 4) is 11.5 Å². The van der Waals surface area contributed by atoms with Crippen molar-refractivity contribution >= 4 is 11.6 Å². The van der Waals surface area contributed by atoms with Gasteiger partial charge in [0.2, 0.25) is 0 Å². The lowest BCUT2D eigenvalue weighted by atomic mass is 9.83. The van der Waals surface area contributed by atoms with Crippen LogP contribution in [0.3, 0.4) is 0 Å². The van der Waals surface area contributed by atoms with Crippen LogP contribution in [0.25, 0.3) is 11.5 Å². The van der Waals surface area contributed by atoms with Crippen LogP contribution in [0.5, 0.6) is 0 Å². The minimum Gasteiger partial charge on any atom is -0.334 e. The van der Waals surface area contributed by atoms with Gasteiger partial charge in [0, 0.05) is 11.6 Å². The third kappa shape index (κ3) is 2.33. The van der Waals surface area contributed by atoms with E-state index >= 15 is 0 Å². The van der Waals surface area contributed by atoms with Crippen LogP contribution in [-0.4, -0.2) is 21.3 Å². The fraction of sp³-hybridized carbons (Fsp3) is 0.533. The summed E-state index contributed by atoms with van der Waals surface area (Å²) in [5.41, 5.74) is 2.98. The molecule has 2 heterocycles. The number of nitrogens with zero attached hydrogens (tertiary/aromatic N) is 3. The summed E-state index contributed by atoms with van der Waals surface area (Å²) < 4.78 is 18.2. The molecule has 0 N–H and O–H groups in total. The van der Waals surface area contributed by atoms with Crippen LogP contribution >= 0.6 is 11.6 Å². The first-order valence-corrected chi connectivity index (χ1v) is 7.75. The lowest BCUT2D eigenvalue weighted by molar-refractivity contribution is 0.171. The highest BCUT2D eigenvalue weighted by atomic mass is 35.5. The highest BCUT2D eigenvalue weighted by molar-refractivity contribution is 6.31. The molecule has 0 unspecified atom stereocenters. The Morgan fingerprint density at radius 2 is 2.00 bits per heavy atom. The Kier molecular flexibility index (Phi) is 3.17. The Hall–Kier alpha value is -1.49. The quantitative estimate of drug-likeness (QED) is 0.790.